The highest BCUT2D eigenvalue weighted by molar-refractivity contribution is 6.02. The van der Waals surface area contributed by atoms with Crippen molar-refractivity contribution in [2.24, 2.45) is 0 Å². The summed E-state index contributed by atoms with van der Waals surface area (Å²) in [6.45, 7) is 3.23. The van der Waals surface area contributed by atoms with Crippen molar-refractivity contribution in [2.45, 2.75) is 19.4 Å². The summed E-state index contributed by atoms with van der Waals surface area (Å²) in [6.07, 6.45) is 0. The van der Waals surface area contributed by atoms with Crippen molar-refractivity contribution in [3.05, 3.63) is 34.9 Å². The Hall–Kier alpha value is -1.88. The molecule has 0 aliphatic heterocycles. The molecular formula is C11H12O5. The topological polar surface area (TPSA) is 94.8 Å². The average molecular weight is 224 g/mol. The number of rotatable bonds is 3. The Bertz CT molecular complexity index is 436. The standard InChI is InChI=1S/C11H12O5/c1-6-3-4-7(2)8(5-6)11(16,9(12)13)10(14)15/h3-5,16H,1-2H3,(H,12,13)(H,14,15). The zero-order valence-electron chi connectivity index (χ0n) is 8.89. The maximum Gasteiger partial charge on any atom is 0.352 e. The summed E-state index contributed by atoms with van der Waals surface area (Å²) >= 11 is 0. The van der Waals surface area contributed by atoms with Gasteiger partial charge >= 0.3 is 11.9 Å². The van der Waals surface area contributed by atoms with Crippen molar-refractivity contribution in [2.75, 3.05) is 0 Å². The fourth-order valence-electron chi connectivity index (χ4n) is 1.45. The highest BCUT2D eigenvalue weighted by Gasteiger charge is 2.47. The second kappa shape index (κ2) is 3.94. The van der Waals surface area contributed by atoms with Crippen LogP contribution in [-0.2, 0) is 15.2 Å². The minimum atomic E-state index is -2.89. The summed E-state index contributed by atoms with van der Waals surface area (Å²) in [5, 5.41) is 27.4. The number of benzene rings is 1. The Morgan fingerprint density at radius 1 is 1.12 bits per heavy atom. The number of hydrogen-bond donors (Lipinski definition) is 3. The second-order valence-electron chi connectivity index (χ2n) is 3.64. The molecule has 1 aromatic carbocycles. The van der Waals surface area contributed by atoms with Crippen molar-refractivity contribution < 1.29 is 24.9 Å². The van der Waals surface area contributed by atoms with Crippen LogP contribution in [0.25, 0.3) is 0 Å². The van der Waals surface area contributed by atoms with Crippen LogP contribution in [-0.4, -0.2) is 27.3 Å². The van der Waals surface area contributed by atoms with E-state index in [9.17, 15) is 14.7 Å². The summed E-state index contributed by atoms with van der Waals surface area (Å²) < 4.78 is 0. The average Bonchev–Trinajstić information content (AvgIpc) is 2.19. The van der Waals surface area contributed by atoms with Crippen LogP contribution in [0.5, 0.6) is 0 Å². The van der Waals surface area contributed by atoms with Crippen LogP contribution in [0.3, 0.4) is 0 Å². The molecule has 86 valence electrons. The van der Waals surface area contributed by atoms with Crippen LogP contribution in [0.1, 0.15) is 16.7 Å². The zero-order valence-corrected chi connectivity index (χ0v) is 8.89. The molecule has 0 aromatic heterocycles. The number of aliphatic carboxylic acids is 2. The number of carboxylic acid groups (broad SMARTS) is 2. The maximum atomic E-state index is 10.9. The predicted molar refractivity (Wildman–Crippen MR) is 55.1 cm³/mol. The highest BCUT2D eigenvalue weighted by atomic mass is 16.4. The van der Waals surface area contributed by atoms with Crippen LogP contribution in [0, 0.1) is 13.8 Å². The molecule has 0 saturated carbocycles. The number of hydrogen-bond acceptors (Lipinski definition) is 3. The van der Waals surface area contributed by atoms with E-state index >= 15 is 0 Å². The Morgan fingerprint density at radius 2 is 1.62 bits per heavy atom. The monoisotopic (exact) mass is 224 g/mol. The van der Waals surface area contributed by atoms with E-state index in [2.05, 4.69) is 0 Å². The van der Waals surface area contributed by atoms with Crippen molar-refractivity contribution in [1.29, 1.82) is 0 Å². The number of aryl methyl sites for hydroxylation is 2. The number of carbonyl (C=O) groups is 2. The summed E-state index contributed by atoms with van der Waals surface area (Å²) in [6, 6.07) is 4.64. The van der Waals surface area contributed by atoms with Gasteiger partial charge in [0.05, 0.1) is 0 Å². The van der Waals surface area contributed by atoms with Gasteiger partial charge in [0, 0.05) is 5.56 Å². The largest absolute Gasteiger partial charge is 0.478 e. The number of carboxylic acids is 2. The summed E-state index contributed by atoms with van der Waals surface area (Å²) in [5.41, 5.74) is -1.91. The van der Waals surface area contributed by atoms with Gasteiger partial charge in [-0.2, -0.15) is 0 Å². The van der Waals surface area contributed by atoms with Gasteiger partial charge in [-0.1, -0.05) is 23.8 Å². The summed E-state index contributed by atoms with van der Waals surface area (Å²) in [4.78, 5) is 21.8. The van der Waals surface area contributed by atoms with Crippen LogP contribution in [0.2, 0.25) is 0 Å². The molecule has 3 N–H and O–H groups in total. The first kappa shape index (κ1) is 12.2. The van der Waals surface area contributed by atoms with Gasteiger partial charge in [0.1, 0.15) is 0 Å². The van der Waals surface area contributed by atoms with E-state index in [0.717, 1.165) is 0 Å². The molecule has 0 bridgehead atoms. The van der Waals surface area contributed by atoms with Gasteiger partial charge in [0.15, 0.2) is 0 Å². The van der Waals surface area contributed by atoms with Crippen molar-refractivity contribution >= 4 is 11.9 Å². The van der Waals surface area contributed by atoms with E-state index in [1.807, 2.05) is 0 Å². The van der Waals surface area contributed by atoms with E-state index in [1.165, 1.54) is 6.07 Å². The fraction of sp³-hybridized carbons (Fsp3) is 0.273. The third-order valence-electron chi connectivity index (χ3n) is 2.40. The lowest BCUT2D eigenvalue weighted by atomic mass is 9.89. The van der Waals surface area contributed by atoms with Crippen molar-refractivity contribution in [3.8, 4) is 0 Å². The molecule has 0 saturated heterocycles. The first-order chi connectivity index (χ1) is 7.30. The van der Waals surface area contributed by atoms with Crippen molar-refractivity contribution in [1.82, 2.24) is 0 Å². The Labute approximate surface area is 92.0 Å². The molecule has 0 aliphatic carbocycles. The van der Waals surface area contributed by atoms with E-state index in [4.69, 9.17) is 10.2 Å². The molecule has 5 nitrogen and oxygen atoms in total. The normalized spacial score (nSPS) is 11.2. The lowest BCUT2D eigenvalue weighted by Crippen LogP contribution is -2.44. The molecule has 0 atom stereocenters. The molecule has 0 radical (unpaired) electrons. The molecular weight excluding hydrogens is 212 g/mol. The molecule has 0 aliphatic rings. The van der Waals surface area contributed by atoms with Crippen LogP contribution >= 0.6 is 0 Å². The molecule has 16 heavy (non-hydrogen) atoms. The van der Waals surface area contributed by atoms with Gasteiger partial charge in [-0.15, -0.1) is 0 Å². The molecule has 0 spiro atoms. The third-order valence-corrected chi connectivity index (χ3v) is 2.40. The van der Waals surface area contributed by atoms with Crippen LogP contribution < -0.4 is 0 Å². The number of aliphatic hydroxyl groups is 1. The van der Waals surface area contributed by atoms with Crippen LogP contribution in [0.15, 0.2) is 18.2 Å². The van der Waals surface area contributed by atoms with Gasteiger partial charge in [0.2, 0.25) is 0 Å². The highest BCUT2D eigenvalue weighted by Crippen LogP contribution is 2.26. The Morgan fingerprint density at radius 3 is 2.06 bits per heavy atom. The Balaban J connectivity index is 3.49. The Kier molecular flexibility index (Phi) is 3.00. The maximum absolute atomic E-state index is 10.9. The fourth-order valence-corrected chi connectivity index (χ4v) is 1.45. The minimum absolute atomic E-state index is 0.118. The van der Waals surface area contributed by atoms with Gasteiger partial charge in [-0.3, -0.25) is 0 Å². The first-order valence-electron chi connectivity index (χ1n) is 4.57. The molecule has 0 unspecified atom stereocenters. The van der Waals surface area contributed by atoms with Crippen LogP contribution in [0.4, 0.5) is 0 Å². The third kappa shape index (κ3) is 1.77. The minimum Gasteiger partial charge on any atom is -0.478 e. The van der Waals surface area contributed by atoms with Gasteiger partial charge in [-0.05, 0) is 19.4 Å². The van der Waals surface area contributed by atoms with Gasteiger partial charge in [-0.25, -0.2) is 9.59 Å². The van der Waals surface area contributed by atoms with E-state index in [0.29, 0.717) is 11.1 Å². The van der Waals surface area contributed by atoms with Crippen molar-refractivity contribution in [3.63, 3.8) is 0 Å². The quantitative estimate of drug-likeness (QED) is 0.655. The molecule has 5 heteroatoms. The lowest BCUT2D eigenvalue weighted by Gasteiger charge is -2.21. The van der Waals surface area contributed by atoms with Gasteiger partial charge < -0.3 is 15.3 Å². The smallest absolute Gasteiger partial charge is 0.352 e. The van der Waals surface area contributed by atoms with E-state index in [-0.39, 0.29) is 5.56 Å². The first-order valence-corrected chi connectivity index (χ1v) is 4.57. The van der Waals surface area contributed by atoms with E-state index < -0.39 is 17.5 Å². The summed E-state index contributed by atoms with van der Waals surface area (Å²) in [5.74, 6) is -3.60. The second-order valence-corrected chi connectivity index (χ2v) is 3.64. The molecule has 0 heterocycles. The molecule has 1 rings (SSSR count). The molecule has 0 fully saturated rings. The lowest BCUT2D eigenvalue weighted by molar-refractivity contribution is -0.177. The zero-order chi connectivity index (χ0) is 12.5. The van der Waals surface area contributed by atoms with Gasteiger partial charge in [0.25, 0.3) is 5.60 Å². The molecule has 0 amide bonds. The SMILES string of the molecule is Cc1ccc(C)c(C(O)(C(=O)O)C(=O)O)c1. The predicted octanol–water partition coefficient (Wildman–Crippen LogP) is 0.660. The van der Waals surface area contributed by atoms with E-state index in [1.54, 1.807) is 26.0 Å². The summed E-state index contributed by atoms with van der Waals surface area (Å²) in [7, 11) is 0. The molecule has 1 aromatic rings.